The molecule has 0 saturated carbocycles. The Bertz CT molecular complexity index is 568. The van der Waals surface area contributed by atoms with E-state index in [0.717, 1.165) is 25.8 Å². The molecule has 0 fully saturated rings. The Labute approximate surface area is 131 Å². The first kappa shape index (κ1) is 15.0. The van der Waals surface area contributed by atoms with Crippen molar-refractivity contribution < 1.29 is 0 Å². The molecule has 2 aromatic rings. The van der Waals surface area contributed by atoms with E-state index in [0.29, 0.717) is 6.04 Å². The fraction of sp³-hybridized carbons (Fsp3) is 0.357. The van der Waals surface area contributed by atoms with Crippen LogP contribution in [0, 0.1) is 6.92 Å². The number of hydrogen-bond donors (Lipinski definition) is 1. The van der Waals surface area contributed by atoms with Gasteiger partial charge in [-0.15, -0.1) is 11.3 Å². The number of nitrogens with one attached hydrogen (secondary N) is 1. The zero-order valence-corrected chi connectivity index (χ0v) is 14.2. The van der Waals surface area contributed by atoms with Crippen molar-refractivity contribution >= 4 is 38.9 Å². The fourth-order valence-electron chi connectivity index (χ4n) is 1.87. The summed E-state index contributed by atoms with van der Waals surface area (Å²) in [6.07, 6.45) is 0. The van der Waals surface area contributed by atoms with E-state index < -0.39 is 0 Å². The zero-order chi connectivity index (χ0) is 14.0. The Hall–Kier alpha value is -0.420. The molecule has 2 rings (SSSR count). The van der Waals surface area contributed by atoms with Crippen molar-refractivity contribution in [2.24, 2.45) is 0 Å². The summed E-state index contributed by atoms with van der Waals surface area (Å²) in [6, 6.07) is 6.30. The lowest BCUT2D eigenvalue weighted by atomic mass is 10.1. The lowest BCUT2D eigenvalue weighted by Crippen LogP contribution is -2.29. The highest BCUT2D eigenvalue weighted by atomic mass is 79.9. The van der Waals surface area contributed by atoms with Gasteiger partial charge in [0, 0.05) is 26.6 Å². The maximum Gasteiger partial charge on any atom is 0.114 e. The van der Waals surface area contributed by atoms with Gasteiger partial charge in [-0.1, -0.05) is 27.5 Å². The van der Waals surface area contributed by atoms with Crippen LogP contribution in [-0.4, -0.2) is 11.0 Å². The Morgan fingerprint density at radius 2 is 2.11 bits per heavy atom. The van der Waals surface area contributed by atoms with Gasteiger partial charge in [-0.25, -0.2) is 4.98 Å². The quantitative estimate of drug-likeness (QED) is 0.835. The summed E-state index contributed by atoms with van der Waals surface area (Å²) in [5.41, 5.74) is 2.10. The normalized spacial score (nSPS) is 12.9. The van der Waals surface area contributed by atoms with Crippen LogP contribution in [0.5, 0.6) is 0 Å². The predicted molar refractivity (Wildman–Crippen MR) is 86.1 cm³/mol. The molecule has 1 aromatic carbocycles. The van der Waals surface area contributed by atoms with Crippen molar-refractivity contribution in [3.63, 3.8) is 0 Å². The number of hydrogen-bond acceptors (Lipinski definition) is 3. The molecule has 0 radical (unpaired) electrons. The summed E-state index contributed by atoms with van der Waals surface area (Å²) in [6.45, 7) is 6.26. The van der Waals surface area contributed by atoms with Crippen molar-refractivity contribution in [1.82, 2.24) is 10.3 Å². The van der Waals surface area contributed by atoms with E-state index in [4.69, 9.17) is 11.6 Å². The second-order valence-corrected chi connectivity index (χ2v) is 6.96. The third kappa shape index (κ3) is 3.78. The van der Waals surface area contributed by atoms with Gasteiger partial charge in [0.05, 0.1) is 6.04 Å². The molecule has 1 heterocycles. The fourth-order valence-corrected chi connectivity index (χ4v) is 3.35. The molecular weight excluding hydrogens is 344 g/mol. The molecule has 0 bridgehead atoms. The molecule has 5 heteroatoms. The van der Waals surface area contributed by atoms with Crippen LogP contribution in [0.3, 0.4) is 0 Å². The van der Waals surface area contributed by atoms with Gasteiger partial charge < -0.3 is 5.32 Å². The molecule has 1 unspecified atom stereocenters. The van der Waals surface area contributed by atoms with Crippen molar-refractivity contribution in [2.45, 2.75) is 32.9 Å². The first-order valence-corrected chi connectivity index (χ1v) is 8.15. The van der Waals surface area contributed by atoms with Gasteiger partial charge in [0.2, 0.25) is 0 Å². The smallest absolute Gasteiger partial charge is 0.114 e. The lowest BCUT2D eigenvalue weighted by molar-refractivity contribution is 0.526. The van der Waals surface area contributed by atoms with Crippen LogP contribution in [0.1, 0.15) is 36.2 Å². The molecule has 19 heavy (non-hydrogen) atoms. The van der Waals surface area contributed by atoms with Gasteiger partial charge in [-0.3, -0.25) is 0 Å². The molecule has 1 N–H and O–H groups in total. The molecular formula is C14H16BrClN2S. The van der Waals surface area contributed by atoms with Gasteiger partial charge in [0.1, 0.15) is 5.01 Å². The standard InChI is InChI=1S/C14H16BrClN2S/c1-8(2)17-13(14-18-9(3)7-19-14)11-6-10(15)4-5-12(11)16/h4-8,13,17H,1-3H3. The summed E-state index contributed by atoms with van der Waals surface area (Å²) >= 11 is 11.5. The topological polar surface area (TPSA) is 24.9 Å². The number of aryl methyl sites for hydroxylation is 1. The second kappa shape index (κ2) is 6.35. The molecule has 0 aliphatic carbocycles. The predicted octanol–water partition coefficient (Wildman–Crippen LogP) is 4.95. The van der Waals surface area contributed by atoms with E-state index in [9.17, 15) is 0 Å². The lowest BCUT2D eigenvalue weighted by Gasteiger charge is -2.21. The highest BCUT2D eigenvalue weighted by molar-refractivity contribution is 9.10. The molecule has 0 aliphatic heterocycles. The van der Waals surface area contributed by atoms with Crippen LogP contribution in [0.2, 0.25) is 5.02 Å². The van der Waals surface area contributed by atoms with Crippen LogP contribution < -0.4 is 5.32 Å². The van der Waals surface area contributed by atoms with Crippen LogP contribution >= 0.6 is 38.9 Å². The summed E-state index contributed by atoms with van der Waals surface area (Å²) < 4.78 is 1.02. The van der Waals surface area contributed by atoms with E-state index >= 15 is 0 Å². The van der Waals surface area contributed by atoms with E-state index in [1.165, 1.54) is 0 Å². The Kier molecular flexibility index (Phi) is 5.01. The first-order valence-electron chi connectivity index (χ1n) is 6.10. The maximum absolute atomic E-state index is 6.35. The van der Waals surface area contributed by atoms with Gasteiger partial charge in [0.25, 0.3) is 0 Å². The molecule has 1 atom stereocenters. The number of halogens is 2. The minimum atomic E-state index is 0.0312. The molecule has 0 aliphatic rings. The largest absolute Gasteiger partial charge is 0.302 e. The van der Waals surface area contributed by atoms with E-state index in [-0.39, 0.29) is 6.04 Å². The van der Waals surface area contributed by atoms with Crippen molar-refractivity contribution in [2.75, 3.05) is 0 Å². The number of aromatic nitrogens is 1. The van der Waals surface area contributed by atoms with Gasteiger partial charge >= 0.3 is 0 Å². The number of rotatable bonds is 4. The third-order valence-electron chi connectivity index (χ3n) is 2.65. The van der Waals surface area contributed by atoms with E-state index in [2.05, 4.69) is 51.5 Å². The van der Waals surface area contributed by atoms with Crippen LogP contribution in [-0.2, 0) is 0 Å². The summed E-state index contributed by atoms with van der Waals surface area (Å²) in [5, 5.41) is 7.41. The van der Waals surface area contributed by atoms with Gasteiger partial charge in [0.15, 0.2) is 0 Å². The van der Waals surface area contributed by atoms with Crippen LogP contribution in [0.25, 0.3) is 0 Å². The molecule has 102 valence electrons. The van der Waals surface area contributed by atoms with E-state index in [1.807, 2.05) is 19.1 Å². The maximum atomic E-state index is 6.35. The Morgan fingerprint density at radius 3 is 2.68 bits per heavy atom. The molecule has 0 saturated heterocycles. The Balaban J connectivity index is 2.45. The molecule has 0 spiro atoms. The minimum Gasteiger partial charge on any atom is -0.302 e. The number of benzene rings is 1. The molecule has 2 nitrogen and oxygen atoms in total. The number of nitrogens with zero attached hydrogens (tertiary/aromatic N) is 1. The van der Waals surface area contributed by atoms with Crippen molar-refractivity contribution in [1.29, 1.82) is 0 Å². The van der Waals surface area contributed by atoms with Crippen LogP contribution in [0.15, 0.2) is 28.1 Å². The molecule has 1 aromatic heterocycles. The second-order valence-electron chi connectivity index (χ2n) is 4.75. The van der Waals surface area contributed by atoms with Crippen molar-refractivity contribution in [3.05, 3.63) is 49.3 Å². The zero-order valence-electron chi connectivity index (χ0n) is 11.1. The number of thiazole rings is 1. The highest BCUT2D eigenvalue weighted by Gasteiger charge is 2.21. The summed E-state index contributed by atoms with van der Waals surface area (Å²) in [7, 11) is 0. The van der Waals surface area contributed by atoms with Gasteiger partial charge in [-0.2, -0.15) is 0 Å². The molecule has 0 amide bonds. The summed E-state index contributed by atoms with van der Waals surface area (Å²) in [4.78, 5) is 4.59. The van der Waals surface area contributed by atoms with E-state index in [1.54, 1.807) is 11.3 Å². The minimum absolute atomic E-state index is 0.0312. The third-order valence-corrected chi connectivity index (χ3v) is 4.52. The first-order chi connectivity index (χ1) is 8.97. The SMILES string of the molecule is Cc1csc(C(NC(C)C)c2cc(Br)ccc2Cl)n1. The average molecular weight is 360 g/mol. The highest BCUT2D eigenvalue weighted by Crippen LogP contribution is 2.32. The van der Waals surface area contributed by atoms with Crippen molar-refractivity contribution in [3.8, 4) is 0 Å². The monoisotopic (exact) mass is 358 g/mol. The summed E-state index contributed by atoms with van der Waals surface area (Å²) in [5.74, 6) is 0. The van der Waals surface area contributed by atoms with Gasteiger partial charge in [-0.05, 0) is 44.5 Å². The Morgan fingerprint density at radius 1 is 1.37 bits per heavy atom. The average Bonchev–Trinajstić information content (AvgIpc) is 2.76. The van der Waals surface area contributed by atoms with Crippen LogP contribution in [0.4, 0.5) is 0 Å².